The van der Waals surface area contributed by atoms with Crippen LogP contribution in [0.3, 0.4) is 0 Å². The molecule has 18 heavy (non-hydrogen) atoms. The first kappa shape index (κ1) is 13.0. The van der Waals surface area contributed by atoms with Crippen LogP contribution in [0.2, 0.25) is 0 Å². The molecule has 2 rings (SSSR count). The summed E-state index contributed by atoms with van der Waals surface area (Å²) in [5.41, 5.74) is 0.515. The molecule has 1 unspecified atom stereocenters. The summed E-state index contributed by atoms with van der Waals surface area (Å²) in [6.07, 6.45) is 0.531. The smallest absolute Gasteiger partial charge is 0.250 e. The van der Waals surface area contributed by atoms with E-state index in [1.807, 2.05) is 6.92 Å². The number of carbonyl (C=O) groups is 2. The molecule has 2 amide bonds. The Morgan fingerprint density at radius 3 is 2.83 bits per heavy atom. The van der Waals surface area contributed by atoms with Crippen LogP contribution in [-0.4, -0.2) is 24.4 Å². The van der Waals surface area contributed by atoms with Crippen molar-refractivity contribution in [2.75, 3.05) is 11.4 Å². The van der Waals surface area contributed by atoms with Gasteiger partial charge in [0.2, 0.25) is 11.8 Å². The molecule has 1 aromatic rings. The van der Waals surface area contributed by atoms with Crippen molar-refractivity contribution in [2.24, 2.45) is 0 Å². The number of hydrogen-bond donors (Lipinski definition) is 1. The lowest BCUT2D eigenvalue weighted by atomic mass is 10.1. The molecule has 1 aliphatic rings. The number of piperazine rings is 1. The fraction of sp³-hybridized carbons (Fsp3) is 0.333. The number of nitrogens with one attached hydrogen (secondary N) is 1. The van der Waals surface area contributed by atoms with Crippen molar-refractivity contribution < 1.29 is 14.0 Å². The Morgan fingerprint density at radius 2 is 2.22 bits per heavy atom. The predicted octanol–water partition coefficient (Wildman–Crippen LogP) is 1.83. The van der Waals surface area contributed by atoms with E-state index >= 15 is 0 Å². The van der Waals surface area contributed by atoms with Gasteiger partial charge in [-0.15, -0.1) is 0 Å². The van der Waals surface area contributed by atoms with Crippen LogP contribution in [-0.2, 0) is 9.59 Å². The van der Waals surface area contributed by atoms with Gasteiger partial charge >= 0.3 is 0 Å². The van der Waals surface area contributed by atoms with Gasteiger partial charge < -0.3 is 10.2 Å². The number of amides is 2. The van der Waals surface area contributed by atoms with Gasteiger partial charge in [-0.3, -0.25) is 9.59 Å². The van der Waals surface area contributed by atoms with Crippen LogP contribution in [0.4, 0.5) is 10.1 Å². The number of anilines is 1. The quantitative estimate of drug-likeness (QED) is 0.905. The predicted molar refractivity (Wildman–Crippen MR) is 68.7 cm³/mol. The molecule has 0 spiro atoms. The fourth-order valence-electron chi connectivity index (χ4n) is 1.86. The van der Waals surface area contributed by atoms with E-state index in [4.69, 9.17) is 0 Å². The topological polar surface area (TPSA) is 49.4 Å². The van der Waals surface area contributed by atoms with Gasteiger partial charge in [-0.1, -0.05) is 6.92 Å². The third-order valence-electron chi connectivity index (χ3n) is 2.82. The summed E-state index contributed by atoms with van der Waals surface area (Å²) in [7, 11) is 0. The van der Waals surface area contributed by atoms with Crippen molar-refractivity contribution >= 4 is 33.4 Å². The average Bonchev–Trinajstić information content (AvgIpc) is 2.35. The molecular formula is C12H12BrFN2O2. The van der Waals surface area contributed by atoms with E-state index in [1.165, 1.54) is 23.1 Å². The van der Waals surface area contributed by atoms with Gasteiger partial charge in [0.25, 0.3) is 0 Å². The Hall–Kier alpha value is -1.43. The largest absolute Gasteiger partial charge is 0.343 e. The Labute approximate surface area is 112 Å². The maximum Gasteiger partial charge on any atom is 0.250 e. The highest BCUT2D eigenvalue weighted by atomic mass is 79.9. The summed E-state index contributed by atoms with van der Waals surface area (Å²) in [5, 5.41) is 2.63. The molecule has 1 atom stereocenters. The first-order chi connectivity index (χ1) is 8.52. The van der Waals surface area contributed by atoms with Crippen LogP contribution in [0.1, 0.15) is 13.3 Å². The molecule has 0 saturated carbocycles. The molecule has 1 aromatic carbocycles. The van der Waals surface area contributed by atoms with Gasteiger partial charge in [0, 0.05) is 5.69 Å². The normalized spacial score (nSPS) is 19.9. The Kier molecular flexibility index (Phi) is 3.65. The number of halogens is 2. The van der Waals surface area contributed by atoms with Crippen LogP contribution in [0.15, 0.2) is 22.7 Å². The van der Waals surface area contributed by atoms with Crippen molar-refractivity contribution in [3.63, 3.8) is 0 Å². The molecule has 96 valence electrons. The molecule has 0 aromatic heterocycles. The molecule has 6 heteroatoms. The van der Waals surface area contributed by atoms with Gasteiger partial charge in [0.1, 0.15) is 18.4 Å². The number of benzene rings is 1. The Balaban J connectivity index is 2.33. The van der Waals surface area contributed by atoms with E-state index in [-0.39, 0.29) is 22.8 Å². The molecule has 0 bridgehead atoms. The second-order valence-corrected chi connectivity index (χ2v) is 4.91. The SMILES string of the molecule is CCC1NC(=O)CN(c2ccc(F)c(Br)c2)C1=O. The standard InChI is InChI=1S/C12H12BrFN2O2/c1-2-10-12(18)16(6-11(17)15-10)7-3-4-9(14)8(13)5-7/h3-5,10H,2,6H2,1H3,(H,15,17). The summed E-state index contributed by atoms with van der Waals surface area (Å²) < 4.78 is 13.4. The van der Waals surface area contributed by atoms with Crippen LogP contribution in [0.25, 0.3) is 0 Å². The van der Waals surface area contributed by atoms with Crippen LogP contribution in [0, 0.1) is 5.82 Å². The lowest BCUT2D eigenvalue weighted by molar-refractivity contribution is -0.131. The molecule has 1 heterocycles. The summed E-state index contributed by atoms with van der Waals surface area (Å²) in [6, 6.07) is 3.75. The maximum absolute atomic E-state index is 13.2. The highest BCUT2D eigenvalue weighted by Gasteiger charge is 2.32. The first-order valence-electron chi connectivity index (χ1n) is 5.58. The first-order valence-corrected chi connectivity index (χ1v) is 6.38. The van der Waals surface area contributed by atoms with Crippen LogP contribution >= 0.6 is 15.9 Å². The van der Waals surface area contributed by atoms with Gasteiger partial charge in [0.15, 0.2) is 0 Å². The van der Waals surface area contributed by atoms with Crippen molar-refractivity contribution in [3.8, 4) is 0 Å². The zero-order valence-electron chi connectivity index (χ0n) is 9.74. The summed E-state index contributed by atoms with van der Waals surface area (Å²) in [6.45, 7) is 1.79. The minimum atomic E-state index is -0.505. The zero-order chi connectivity index (χ0) is 13.3. The third kappa shape index (κ3) is 2.38. The fourth-order valence-corrected chi connectivity index (χ4v) is 2.23. The highest BCUT2D eigenvalue weighted by molar-refractivity contribution is 9.10. The zero-order valence-corrected chi connectivity index (χ0v) is 11.3. The number of rotatable bonds is 2. The monoisotopic (exact) mass is 314 g/mol. The molecule has 0 radical (unpaired) electrons. The lowest BCUT2D eigenvalue weighted by Gasteiger charge is -2.32. The van der Waals surface area contributed by atoms with Crippen molar-refractivity contribution in [1.82, 2.24) is 5.32 Å². The van der Waals surface area contributed by atoms with Crippen molar-refractivity contribution in [1.29, 1.82) is 0 Å². The molecular weight excluding hydrogens is 303 g/mol. The molecule has 4 nitrogen and oxygen atoms in total. The second kappa shape index (κ2) is 5.06. The number of nitrogens with zero attached hydrogens (tertiary/aromatic N) is 1. The molecule has 1 N–H and O–H groups in total. The van der Waals surface area contributed by atoms with Gasteiger partial charge in [-0.05, 0) is 40.5 Å². The van der Waals surface area contributed by atoms with E-state index in [0.29, 0.717) is 12.1 Å². The Bertz CT molecular complexity index is 507. The maximum atomic E-state index is 13.2. The van der Waals surface area contributed by atoms with Gasteiger partial charge in [-0.2, -0.15) is 0 Å². The second-order valence-electron chi connectivity index (χ2n) is 4.05. The molecule has 1 aliphatic heterocycles. The van der Waals surface area contributed by atoms with Crippen molar-refractivity contribution in [3.05, 3.63) is 28.5 Å². The van der Waals surface area contributed by atoms with E-state index < -0.39 is 11.9 Å². The van der Waals surface area contributed by atoms with E-state index in [1.54, 1.807) is 0 Å². The molecule has 1 fully saturated rings. The molecule has 1 saturated heterocycles. The van der Waals surface area contributed by atoms with E-state index in [9.17, 15) is 14.0 Å². The summed E-state index contributed by atoms with van der Waals surface area (Å²) >= 11 is 3.07. The number of hydrogen-bond acceptors (Lipinski definition) is 2. The van der Waals surface area contributed by atoms with Gasteiger partial charge in [0.05, 0.1) is 4.47 Å². The minimum absolute atomic E-state index is 0.0343. The Morgan fingerprint density at radius 1 is 1.50 bits per heavy atom. The van der Waals surface area contributed by atoms with Gasteiger partial charge in [-0.25, -0.2) is 4.39 Å². The minimum Gasteiger partial charge on any atom is -0.343 e. The third-order valence-corrected chi connectivity index (χ3v) is 3.43. The van der Waals surface area contributed by atoms with E-state index in [2.05, 4.69) is 21.2 Å². The van der Waals surface area contributed by atoms with E-state index in [0.717, 1.165) is 0 Å². The summed E-state index contributed by atoms with van der Waals surface area (Å²) in [5.74, 6) is -0.780. The number of carbonyl (C=O) groups excluding carboxylic acids is 2. The molecule has 0 aliphatic carbocycles. The highest BCUT2D eigenvalue weighted by Crippen LogP contribution is 2.24. The lowest BCUT2D eigenvalue weighted by Crippen LogP contribution is -2.58. The van der Waals surface area contributed by atoms with Crippen molar-refractivity contribution in [2.45, 2.75) is 19.4 Å². The summed E-state index contributed by atoms with van der Waals surface area (Å²) in [4.78, 5) is 25.0. The van der Waals surface area contributed by atoms with Crippen LogP contribution in [0.5, 0.6) is 0 Å². The van der Waals surface area contributed by atoms with Crippen LogP contribution < -0.4 is 10.2 Å². The average molecular weight is 315 g/mol.